The molecular weight excluding hydrogens is 416 g/mol. The number of fused-ring (bicyclic) bond motifs is 1. The number of thiophene rings is 2. The number of benzene rings is 2. The largest absolute Gasteiger partial charge is 0.398 e. The summed E-state index contributed by atoms with van der Waals surface area (Å²) < 4.78 is 0. The first-order valence-electron chi connectivity index (χ1n) is 9.04. The van der Waals surface area contributed by atoms with Crippen LogP contribution in [0.1, 0.15) is 0 Å². The van der Waals surface area contributed by atoms with Crippen LogP contribution in [0.4, 0.5) is 11.4 Å². The molecule has 0 unspecified atom stereocenters. The molecule has 0 radical (unpaired) electrons. The molecule has 0 aliphatic heterocycles. The van der Waals surface area contributed by atoms with E-state index < -0.39 is 4.92 Å². The Labute approximate surface area is 179 Å². The van der Waals surface area contributed by atoms with Gasteiger partial charge >= 0.3 is 0 Å². The Bertz CT molecular complexity index is 1360. The molecule has 0 fully saturated rings. The fraction of sp³-hybridized carbons (Fsp3) is 0. The van der Waals surface area contributed by atoms with Crippen LogP contribution >= 0.6 is 22.7 Å². The van der Waals surface area contributed by atoms with Crippen molar-refractivity contribution < 1.29 is 4.92 Å². The van der Waals surface area contributed by atoms with Crippen LogP contribution in [0.25, 0.3) is 43.3 Å². The minimum atomic E-state index is -0.418. The molecule has 3 heterocycles. The second kappa shape index (κ2) is 7.33. The summed E-state index contributed by atoms with van der Waals surface area (Å²) >= 11 is 3.22. The van der Waals surface area contributed by atoms with Gasteiger partial charge in [0.25, 0.3) is 5.69 Å². The number of nitro benzene ring substituents is 1. The van der Waals surface area contributed by atoms with Crippen molar-refractivity contribution in [2.75, 3.05) is 5.73 Å². The van der Waals surface area contributed by atoms with Gasteiger partial charge in [0.05, 0.1) is 25.7 Å². The van der Waals surface area contributed by atoms with E-state index in [-0.39, 0.29) is 5.69 Å². The molecule has 0 bridgehead atoms. The Morgan fingerprint density at radius 2 is 1.47 bits per heavy atom. The van der Waals surface area contributed by atoms with Crippen LogP contribution in [0.15, 0.2) is 71.4 Å². The molecule has 0 amide bonds. The third kappa shape index (κ3) is 3.12. The summed E-state index contributed by atoms with van der Waals surface area (Å²) in [6.07, 6.45) is 0. The minimum Gasteiger partial charge on any atom is -0.398 e. The lowest BCUT2D eigenvalue weighted by molar-refractivity contribution is -0.384. The van der Waals surface area contributed by atoms with Gasteiger partial charge in [-0.1, -0.05) is 12.1 Å². The standard InChI is InChI=1S/C22H14N4O2S2/c23-15-9-10-16-20(19(15)13-5-7-14(8-6-13)26(27)28)25-22(18-4-2-12-30-18)21(24-16)17-3-1-11-29-17/h1-12H,23H2. The van der Waals surface area contributed by atoms with Gasteiger partial charge in [0, 0.05) is 23.4 Å². The van der Waals surface area contributed by atoms with E-state index in [9.17, 15) is 10.1 Å². The van der Waals surface area contributed by atoms with Crippen LogP contribution in [0.3, 0.4) is 0 Å². The van der Waals surface area contributed by atoms with Crippen LogP contribution < -0.4 is 5.73 Å². The predicted molar refractivity (Wildman–Crippen MR) is 123 cm³/mol. The van der Waals surface area contributed by atoms with E-state index in [1.807, 2.05) is 41.1 Å². The van der Waals surface area contributed by atoms with E-state index in [0.29, 0.717) is 11.2 Å². The van der Waals surface area contributed by atoms with E-state index in [2.05, 4.69) is 0 Å². The number of aromatic nitrogens is 2. The summed E-state index contributed by atoms with van der Waals surface area (Å²) in [5.41, 5.74) is 11.4. The molecule has 0 saturated heterocycles. The lowest BCUT2D eigenvalue weighted by Gasteiger charge is -2.13. The van der Waals surface area contributed by atoms with Gasteiger partial charge in [-0.05, 0) is 52.7 Å². The molecular formula is C22H14N4O2S2. The van der Waals surface area contributed by atoms with Crippen molar-refractivity contribution in [2.45, 2.75) is 0 Å². The van der Waals surface area contributed by atoms with Gasteiger partial charge in [0.1, 0.15) is 11.4 Å². The van der Waals surface area contributed by atoms with E-state index in [1.54, 1.807) is 40.9 Å². The number of nitro groups is 1. The Morgan fingerprint density at radius 3 is 2.03 bits per heavy atom. The first-order chi connectivity index (χ1) is 14.6. The highest BCUT2D eigenvalue weighted by molar-refractivity contribution is 7.14. The molecule has 146 valence electrons. The number of nitrogens with two attached hydrogens (primary N) is 1. The highest BCUT2D eigenvalue weighted by Crippen LogP contribution is 2.39. The molecule has 0 spiro atoms. The van der Waals surface area contributed by atoms with Gasteiger partial charge in [0.2, 0.25) is 0 Å². The number of nitrogen functional groups attached to an aromatic ring is 1. The summed E-state index contributed by atoms with van der Waals surface area (Å²) in [6, 6.07) is 18.0. The third-order valence-electron chi connectivity index (χ3n) is 4.74. The number of hydrogen-bond donors (Lipinski definition) is 1. The Kier molecular flexibility index (Phi) is 4.50. The van der Waals surface area contributed by atoms with Crippen molar-refractivity contribution >= 4 is 45.1 Å². The molecule has 30 heavy (non-hydrogen) atoms. The van der Waals surface area contributed by atoms with Gasteiger partial charge in [-0.2, -0.15) is 0 Å². The lowest BCUT2D eigenvalue weighted by atomic mass is 10.0. The van der Waals surface area contributed by atoms with Crippen molar-refractivity contribution in [1.29, 1.82) is 0 Å². The first kappa shape index (κ1) is 18.4. The van der Waals surface area contributed by atoms with Crippen molar-refractivity contribution in [3.63, 3.8) is 0 Å². The van der Waals surface area contributed by atoms with Crippen molar-refractivity contribution in [3.05, 3.63) is 81.5 Å². The molecule has 5 rings (SSSR count). The smallest absolute Gasteiger partial charge is 0.269 e. The molecule has 0 atom stereocenters. The van der Waals surface area contributed by atoms with Gasteiger partial charge in [-0.25, -0.2) is 9.97 Å². The van der Waals surface area contributed by atoms with Crippen LogP contribution in [-0.4, -0.2) is 14.9 Å². The maximum absolute atomic E-state index is 11.0. The zero-order valence-corrected chi connectivity index (χ0v) is 17.1. The van der Waals surface area contributed by atoms with Crippen LogP contribution in [0.2, 0.25) is 0 Å². The predicted octanol–water partition coefficient (Wildman–Crippen LogP) is 6.24. The summed E-state index contributed by atoms with van der Waals surface area (Å²) in [5.74, 6) is 0. The van der Waals surface area contributed by atoms with Gasteiger partial charge in [-0.15, -0.1) is 22.7 Å². The highest BCUT2D eigenvalue weighted by Gasteiger charge is 2.18. The fourth-order valence-corrected chi connectivity index (χ4v) is 4.79. The average molecular weight is 431 g/mol. The molecule has 3 aromatic heterocycles. The van der Waals surface area contributed by atoms with E-state index in [1.165, 1.54) is 12.1 Å². The van der Waals surface area contributed by atoms with Gasteiger partial charge in [-0.3, -0.25) is 10.1 Å². The number of hydrogen-bond acceptors (Lipinski definition) is 7. The Balaban J connectivity index is 1.79. The number of nitrogens with zero attached hydrogens (tertiary/aromatic N) is 3. The maximum Gasteiger partial charge on any atom is 0.269 e. The fourth-order valence-electron chi connectivity index (χ4n) is 3.36. The number of anilines is 1. The van der Waals surface area contributed by atoms with Crippen LogP contribution in [-0.2, 0) is 0 Å². The van der Waals surface area contributed by atoms with Crippen molar-refractivity contribution in [3.8, 4) is 32.3 Å². The third-order valence-corrected chi connectivity index (χ3v) is 6.50. The van der Waals surface area contributed by atoms with Gasteiger partial charge < -0.3 is 5.73 Å². The molecule has 0 aliphatic rings. The summed E-state index contributed by atoms with van der Waals surface area (Å²) in [4.78, 5) is 22.6. The number of rotatable bonds is 4. The zero-order valence-electron chi connectivity index (χ0n) is 15.5. The van der Waals surface area contributed by atoms with E-state index >= 15 is 0 Å². The average Bonchev–Trinajstić information content (AvgIpc) is 3.47. The van der Waals surface area contributed by atoms with Crippen LogP contribution in [0.5, 0.6) is 0 Å². The zero-order chi connectivity index (χ0) is 20.7. The normalized spacial score (nSPS) is 11.1. The van der Waals surface area contributed by atoms with E-state index in [0.717, 1.165) is 37.8 Å². The summed E-state index contributed by atoms with van der Waals surface area (Å²) in [7, 11) is 0. The Hall–Kier alpha value is -3.62. The Morgan fingerprint density at radius 1 is 0.833 bits per heavy atom. The second-order valence-corrected chi connectivity index (χ2v) is 8.47. The topological polar surface area (TPSA) is 94.9 Å². The monoisotopic (exact) mass is 430 g/mol. The maximum atomic E-state index is 11.0. The summed E-state index contributed by atoms with van der Waals surface area (Å²) in [5, 5.41) is 15.0. The van der Waals surface area contributed by atoms with Crippen molar-refractivity contribution in [1.82, 2.24) is 9.97 Å². The van der Waals surface area contributed by atoms with Crippen LogP contribution in [0, 0.1) is 10.1 Å². The SMILES string of the molecule is Nc1ccc2nc(-c3cccs3)c(-c3cccs3)nc2c1-c1ccc([N+](=O)[O-])cc1. The quantitative estimate of drug-likeness (QED) is 0.207. The molecule has 2 N–H and O–H groups in total. The summed E-state index contributed by atoms with van der Waals surface area (Å²) in [6.45, 7) is 0. The number of non-ortho nitro benzene ring substituents is 1. The molecule has 8 heteroatoms. The molecule has 6 nitrogen and oxygen atoms in total. The van der Waals surface area contributed by atoms with Gasteiger partial charge in [0.15, 0.2) is 0 Å². The van der Waals surface area contributed by atoms with Crippen molar-refractivity contribution in [2.24, 2.45) is 0 Å². The second-order valence-electron chi connectivity index (χ2n) is 6.58. The molecule has 5 aromatic rings. The van der Waals surface area contributed by atoms with E-state index in [4.69, 9.17) is 15.7 Å². The highest BCUT2D eigenvalue weighted by atomic mass is 32.1. The molecule has 2 aromatic carbocycles. The molecule has 0 saturated carbocycles. The minimum absolute atomic E-state index is 0.0305. The molecule has 0 aliphatic carbocycles. The first-order valence-corrected chi connectivity index (χ1v) is 10.8. The lowest BCUT2D eigenvalue weighted by Crippen LogP contribution is -1.98.